The first-order valence-corrected chi connectivity index (χ1v) is 29.0. The van der Waals surface area contributed by atoms with Crippen molar-refractivity contribution in [2.45, 2.75) is 207 Å². The van der Waals surface area contributed by atoms with Crippen molar-refractivity contribution in [3.8, 4) is 0 Å². The van der Waals surface area contributed by atoms with Gasteiger partial charge in [0.2, 0.25) is 0 Å². The highest BCUT2D eigenvalue weighted by Gasteiger charge is 2.52. The monoisotopic (exact) mass is 968 g/mol. The van der Waals surface area contributed by atoms with Crippen molar-refractivity contribution in [3.05, 3.63) is 50.9 Å². The number of rotatable bonds is 11. The summed E-state index contributed by atoms with van der Waals surface area (Å²) in [5.74, 6) is 9.43. The van der Waals surface area contributed by atoms with Gasteiger partial charge in [0, 0.05) is 101 Å². The van der Waals surface area contributed by atoms with E-state index in [0.29, 0.717) is 5.41 Å². The van der Waals surface area contributed by atoms with E-state index < -0.39 is 0 Å². The van der Waals surface area contributed by atoms with Gasteiger partial charge in [0.15, 0.2) is 0 Å². The molecule has 6 heterocycles. The lowest BCUT2D eigenvalue weighted by Gasteiger charge is -2.60. The van der Waals surface area contributed by atoms with E-state index in [-0.39, 0.29) is 0 Å². The number of aromatic nitrogens is 6. The van der Waals surface area contributed by atoms with E-state index in [0.717, 1.165) is 84.2 Å². The maximum atomic E-state index is 4.52. The molecular weight excluding hydrogens is 859 g/mol. The Morgan fingerprint density at radius 2 is 0.757 bits per heavy atom. The van der Waals surface area contributed by atoms with Gasteiger partial charge in [0.05, 0.1) is 17.1 Å². The van der Waals surface area contributed by atoms with E-state index in [4.69, 9.17) is 0 Å². The molecular formula is C61H109N9. The topological polar surface area (TPSA) is 63.2 Å². The molecule has 7 aliphatic rings. The minimum absolute atomic E-state index is 0.693. The van der Waals surface area contributed by atoms with Gasteiger partial charge in [-0.2, -0.15) is 15.3 Å². The van der Waals surface area contributed by atoms with E-state index in [9.17, 15) is 0 Å². The molecule has 0 atom stereocenters. The average molecular weight is 969 g/mol. The van der Waals surface area contributed by atoms with Gasteiger partial charge in [0.25, 0.3) is 0 Å². The number of hydrogen-bond acceptors (Lipinski definition) is 6. The third-order valence-corrected chi connectivity index (χ3v) is 19.9. The normalized spacial score (nSPS) is 21.8. The van der Waals surface area contributed by atoms with Gasteiger partial charge in [-0.3, -0.25) is 28.7 Å². The second kappa shape index (κ2) is 24.2. The molecule has 3 aliphatic heterocycles. The molecule has 7 fully saturated rings. The highest BCUT2D eigenvalue weighted by molar-refractivity contribution is 5.26. The lowest BCUT2D eigenvalue weighted by Crippen LogP contribution is -2.62. The van der Waals surface area contributed by atoms with Crippen molar-refractivity contribution in [1.82, 2.24) is 44.0 Å². The Balaban J connectivity index is 0.000000149. The fraction of sp³-hybridized carbons (Fsp3) is 0.852. The van der Waals surface area contributed by atoms with Crippen molar-refractivity contribution in [2.75, 3.05) is 39.3 Å². The molecule has 9 heteroatoms. The van der Waals surface area contributed by atoms with Gasteiger partial charge < -0.3 is 0 Å². The molecule has 3 aromatic rings. The Hall–Kier alpha value is -2.49. The Labute approximate surface area is 431 Å². The van der Waals surface area contributed by atoms with Gasteiger partial charge in [-0.05, 0) is 176 Å². The fourth-order valence-electron chi connectivity index (χ4n) is 13.3. The van der Waals surface area contributed by atoms with Crippen LogP contribution in [0, 0.1) is 112 Å². The van der Waals surface area contributed by atoms with Gasteiger partial charge in [-0.1, -0.05) is 94.9 Å². The van der Waals surface area contributed by atoms with Crippen molar-refractivity contribution < 1.29 is 0 Å². The first-order chi connectivity index (χ1) is 32.9. The molecule has 10 rings (SSSR count). The van der Waals surface area contributed by atoms with Crippen molar-refractivity contribution in [2.24, 2.45) is 91.2 Å². The van der Waals surface area contributed by atoms with Crippen LogP contribution < -0.4 is 0 Å². The molecule has 0 aromatic carbocycles. The standard InChI is InChI=1S/C16H27N3.C15H27N3.C13H23N3.C10H18.C7H14/c1-11(2)14-6-16(7-14)9-19(10-16)8-15-12(3)17-18(5)13(15)4;1-11(2)14-6-8-18(9-7-14)10-15-12(3)16-17(5)13(15)4;1-9(2)12-6-16(7-12)8-13-10(3)14-15(5)11(13)4;1-8(2)9-6-10(7-9)4-3-5-10;1-6(2)7-4-3-5-7/h11,14H,6-10H2,1-5H3;11,14H,6-10H2,1-5H3;9,12H,6-8H2,1-5H3;8-9H,3-7H2,1-2H3;6-7H,3-5H2,1-2H3. The molecule has 0 amide bonds. The smallest absolute Gasteiger partial charge is 0.0641 e. The second-order valence-corrected chi connectivity index (χ2v) is 26.6. The van der Waals surface area contributed by atoms with Crippen molar-refractivity contribution in [1.29, 1.82) is 0 Å². The maximum Gasteiger partial charge on any atom is 0.0641 e. The molecule has 70 heavy (non-hydrogen) atoms. The van der Waals surface area contributed by atoms with Crippen LogP contribution in [0.4, 0.5) is 0 Å². The molecule has 0 N–H and O–H groups in total. The van der Waals surface area contributed by atoms with Crippen LogP contribution >= 0.6 is 0 Å². The summed E-state index contributed by atoms with van der Waals surface area (Å²) < 4.78 is 6.01. The third-order valence-electron chi connectivity index (χ3n) is 19.9. The highest BCUT2D eigenvalue weighted by Crippen LogP contribution is 2.60. The fourth-order valence-corrected chi connectivity index (χ4v) is 13.3. The summed E-state index contributed by atoms with van der Waals surface area (Å²) in [4.78, 5) is 7.73. The van der Waals surface area contributed by atoms with Gasteiger partial charge >= 0.3 is 0 Å². The number of piperidine rings is 1. The van der Waals surface area contributed by atoms with Crippen LogP contribution in [0.25, 0.3) is 0 Å². The summed E-state index contributed by atoms with van der Waals surface area (Å²) in [5, 5.41) is 13.5. The lowest BCUT2D eigenvalue weighted by atomic mass is 9.50. The van der Waals surface area contributed by atoms with Crippen LogP contribution in [0.1, 0.15) is 197 Å². The molecule has 0 bridgehead atoms. The second-order valence-electron chi connectivity index (χ2n) is 26.6. The summed E-state index contributed by atoms with van der Waals surface area (Å²) in [6, 6.07) is 0. The van der Waals surface area contributed by atoms with Crippen molar-refractivity contribution in [3.63, 3.8) is 0 Å². The van der Waals surface area contributed by atoms with Crippen LogP contribution in [0.5, 0.6) is 0 Å². The van der Waals surface area contributed by atoms with E-state index >= 15 is 0 Å². The summed E-state index contributed by atoms with van der Waals surface area (Å²) in [5.41, 5.74) is 13.4. The van der Waals surface area contributed by atoms with Crippen LogP contribution in [-0.2, 0) is 40.8 Å². The Kier molecular flexibility index (Phi) is 19.7. The molecule has 0 unspecified atom stereocenters. The van der Waals surface area contributed by atoms with Gasteiger partial charge in [-0.15, -0.1) is 0 Å². The minimum Gasteiger partial charge on any atom is -0.299 e. The minimum atomic E-state index is 0.693. The quantitative estimate of drug-likeness (QED) is 0.191. The van der Waals surface area contributed by atoms with Gasteiger partial charge in [0.1, 0.15) is 0 Å². The van der Waals surface area contributed by atoms with E-state index in [1.54, 1.807) is 25.7 Å². The maximum absolute atomic E-state index is 4.52. The number of aryl methyl sites for hydroxylation is 6. The number of hydrogen-bond donors (Lipinski definition) is 0. The van der Waals surface area contributed by atoms with Crippen molar-refractivity contribution >= 4 is 0 Å². The zero-order valence-electron chi connectivity index (χ0n) is 49.1. The molecule has 2 spiro atoms. The SMILES string of the molecule is CC(C)C1CC2(CCC2)C1.CC(C)C1CCC1.Cc1nn(C)c(C)c1CN1CC(C(C)C)C1.Cc1nn(C)c(C)c1CN1CC2(CC(C(C)C)C2)C1.Cc1nn(C)c(C)c1CN1CCC(C(C)C)CC1. The zero-order chi connectivity index (χ0) is 51.4. The van der Waals surface area contributed by atoms with Crippen LogP contribution in [0.3, 0.4) is 0 Å². The zero-order valence-corrected chi connectivity index (χ0v) is 49.1. The number of likely N-dealkylation sites (tertiary alicyclic amines) is 3. The Morgan fingerprint density at radius 1 is 0.414 bits per heavy atom. The molecule has 9 nitrogen and oxygen atoms in total. The third kappa shape index (κ3) is 14.0. The molecule has 0 radical (unpaired) electrons. The highest BCUT2D eigenvalue weighted by atomic mass is 15.3. The first-order valence-electron chi connectivity index (χ1n) is 29.0. The summed E-state index contributed by atoms with van der Waals surface area (Å²) in [7, 11) is 6.11. The van der Waals surface area contributed by atoms with Crippen LogP contribution in [0.15, 0.2) is 0 Å². The predicted octanol–water partition coefficient (Wildman–Crippen LogP) is 13.6. The van der Waals surface area contributed by atoms with Gasteiger partial charge in [-0.25, -0.2) is 0 Å². The van der Waals surface area contributed by atoms with E-state index in [2.05, 4.69) is 141 Å². The van der Waals surface area contributed by atoms with E-state index in [1.165, 1.54) is 141 Å². The summed E-state index contributed by atoms with van der Waals surface area (Å²) in [6.45, 7) is 47.3. The lowest BCUT2D eigenvalue weighted by molar-refractivity contribution is -0.109. The summed E-state index contributed by atoms with van der Waals surface area (Å²) in [6.07, 6.45) is 17.9. The first kappa shape index (κ1) is 56.8. The Bertz CT molecular complexity index is 2050. The number of nitrogens with zero attached hydrogens (tertiary/aromatic N) is 9. The summed E-state index contributed by atoms with van der Waals surface area (Å²) >= 11 is 0. The van der Waals surface area contributed by atoms with Crippen LogP contribution in [-0.4, -0.2) is 83.3 Å². The average Bonchev–Trinajstić information content (AvgIpc) is 3.68. The molecule has 4 saturated carbocycles. The van der Waals surface area contributed by atoms with Crippen LogP contribution in [0.2, 0.25) is 0 Å². The van der Waals surface area contributed by atoms with E-state index in [1.807, 2.05) is 35.2 Å². The molecule has 398 valence electrons. The molecule has 3 aromatic heterocycles. The molecule has 3 saturated heterocycles. The molecule has 4 aliphatic carbocycles. The Morgan fingerprint density at radius 3 is 1.04 bits per heavy atom. The predicted molar refractivity (Wildman–Crippen MR) is 296 cm³/mol. The largest absolute Gasteiger partial charge is 0.299 e.